The molecule has 0 radical (unpaired) electrons. The number of aromatic nitrogens is 1. The maximum Gasteiger partial charge on any atom is 0.232 e. The molecule has 1 saturated heterocycles. The van der Waals surface area contributed by atoms with Gasteiger partial charge in [-0.15, -0.1) is 0 Å². The lowest BCUT2D eigenvalue weighted by Gasteiger charge is -2.29. The molecule has 0 bridgehead atoms. The molecule has 1 aliphatic heterocycles. The highest BCUT2D eigenvalue weighted by Gasteiger charge is 2.29. The van der Waals surface area contributed by atoms with E-state index in [9.17, 15) is 5.11 Å². The van der Waals surface area contributed by atoms with Gasteiger partial charge in [-0.05, 0) is 44.4 Å². The van der Waals surface area contributed by atoms with Crippen LogP contribution < -0.4 is 4.90 Å². The Kier molecular flexibility index (Phi) is 6.33. The monoisotopic (exact) mass is 383 g/mol. The zero-order valence-electron chi connectivity index (χ0n) is 17.0. The minimum absolute atomic E-state index is 0.280. The SMILES string of the molecule is CCC(O)CN(Cc1c(-c2ccccc2)noc1N1CCCCC1)CC1CC1. The second-order valence-electron chi connectivity index (χ2n) is 8.43. The van der Waals surface area contributed by atoms with Gasteiger partial charge in [-0.25, -0.2) is 0 Å². The van der Waals surface area contributed by atoms with Crippen molar-refractivity contribution in [1.29, 1.82) is 0 Å². The second-order valence-corrected chi connectivity index (χ2v) is 8.43. The van der Waals surface area contributed by atoms with Gasteiger partial charge >= 0.3 is 0 Å². The molecule has 1 saturated carbocycles. The van der Waals surface area contributed by atoms with Crippen molar-refractivity contribution in [2.75, 3.05) is 31.1 Å². The number of hydrogen-bond donors (Lipinski definition) is 1. The van der Waals surface area contributed by atoms with Gasteiger partial charge in [0.1, 0.15) is 5.69 Å². The van der Waals surface area contributed by atoms with Crippen molar-refractivity contribution in [2.45, 2.75) is 58.1 Å². The smallest absolute Gasteiger partial charge is 0.232 e. The van der Waals surface area contributed by atoms with Crippen molar-refractivity contribution in [3.63, 3.8) is 0 Å². The van der Waals surface area contributed by atoms with E-state index in [1.807, 2.05) is 13.0 Å². The number of rotatable bonds is 9. The fourth-order valence-corrected chi connectivity index (χ4v) is 4.13. The molecule has 0 spiro atoms. The molecule has 5 heteroatoms. The fraction of sp³-hybridized carbons (Fsp3) is 0.609. The highest BCUT2D eigenvalue weighted by molar-refractivity contribution is 5.68. The maximum atomic E-state index is 10.3. The third-order valence-corrected chi connectivity index (χ3v) is 5.99. The molecule has 1 aliphatic carbocycles. The van der Waals surface area contributed by atoms with Crippen LogP contribution in [0.4, 0.5) is 5.88 Å². The molecule has 1 unspecified atom stereocenters. The second kappa shape index (κ2) is 9.10. The van der Waals surface area contributed by atoms with Gasteiger partial charge in [0.05, 0.1) is 11.7 Å². The lowest BCUT2D eigenvalue weighted by molar-refractivity contribution is 0.103. The summed E-state index contributed by atoms with van der Waals surface area (Å²) in [6.45, 7) is 6.68. The molecular formula is C23H33N3O2. The van der Waals surface area contributed by atoms with Crippen LogP contribution in [0.2, 0.25) is 0 Å². The molecule has 1 atom stereocenters. The Morgan fingerprint density at radius 1 is 1.18 bits per heavy atom. The molecule has 1 aromatic heterocycles. The van der Waals surface area contributed by atoms with Crippen LogP contribution in [0.1, 0.15) is 51.0 Å². The number of hydrogen-bond acceptors (Lipinski definition) is 5. The molecule has 2 fully saturated rings. The van der Waals surface area contributed by atoms with Crippen molar-refractivity contribution < 1.29 is 9.63 Å². The van der Waals surface area contributed by atoms with Gasteiger partial charge < -0.3 is 14.5 Å². The largest absolute Gasteiger partial charge is 0.392 e. The third kappa shape index (κ3) is 4.76. The summed E-state index contributed by atoms with van der Waals surface area (Å²) in [5.41, 5.74) is 3.23. The van der Waals surface area contributed by atoms with Crippen LogP contribution in [0, 0.1) is 5.92 Å². The summed E-state index contributed by atoms with van der Waals surface area (Å²) in [5, 5.41) is 14.8. The van der Waals surface area contributed by atoms with Crippen molar-refractivity contribution in [2.24, 2.45) is 5.92 Å². The van der Waals surface area contributed by atoms with Crippen molar-refractivity contribution in [1.82, 2.24) is 10.1 Å². The summed E-state index contributed by atoms with van der Waals surface area (Å²) < 4.78 is 5.93. The molecule has 2 heterocycles. The minimum Gasteiger partial charge on any atom is -0.392 e. The highest BCUT2D eigenvalue weighted by atomic mass is 16.5. The van der Waals surface area contributed by atoms with Crippen LogP contribution in [-0.2, 0) is 6.54 Å². The predicted octanol–water partition coefficient (Wildman–Crippen LogP) is 4.31. The van der Waals surface area contributed by atoms with Crippen LogP contribution >= 0.6 is 0 Å². The van der Waals surface area contributed by atoms with Gasteiger partial charge in [0.2, 0.25) is 5.88 Å². The van der Waals surface area contributed by atoms with Crippen molar-refractivity contribution >= 4 is 5.88 Å². The number of aliphatic hydroxyl groups excluding tert-OH is 1. The first-order chi connectivity index (χ1) is 13.7. The minimum atomic E-state index is -0.280. The Balaban J connectivity index is 1.63. The van der Waals surface area contributed by atoms with Crippen molar-refractivity contribution in [3.05, 3.63) is 35.9 Å². The average molecular weight is 384 g/mol. The molecule has 4 rings (SSSR count). The number of benzene rings is 1. The number of anilines is 1. The standard InChI is InChI=1S/C23H33N3O2/c1-2-20(27)16-25(15-18-11-12-18)17-21-22(19-9-5-3-6-10-19)24-28-23(21)26-13-7-4-8-14-26/h3,5-6,9-10,18,20,27H,2,4,7-8,11-17H2,1H3. The van der Waals surface area contributed by atoms with E-state index in [1.54, 1.807) is 0 Å². The van der Waals surface area contributed by atoms with E-state index >= 15 is 0 Å². The molecule has 2 aromatic rings. The van der Waals surface area contributed by atoms with E-state index in [0.717, 1.165) is 55.7 Å². The number of nitrogens with zero attached hydrogens (tertiary/aromatic N) is 3. The normalized spacial score (nSPS) is 18.6. The summed E-state index contributed by atoms with van der Waals surface area (Å²) in [7, 11) is 0. The zero-order chi connectivity index (χ0) is 19.3. The summed E-state index contributed by atoms with van der Waals surface area (Å²) in [5.74, 6) is 1.72. The molecule has 1 N–H and O–H groups in total. The Labute approximate surface area is 168 Å². The van der Waals surface area contributed by atoms with E-state index in [2.05, 4.69) is 39.2 Å². The number of aliphatic hydroxyl groups is 1. The van der Waals surface area contributed by atoms with E-state index in [-0.39, 0.29) is 6.10 Å². The van der Waals surface area contributed by atoms with Gasteiger partial charge in [-0.3, -0.25) is 4.90 Å². The molecule has 1 aromatic carbocycles. The van der Waals surface area contributed by atoms with Crippen LogP contribution in [-0.4, -0.2) is 47.4 Å². The van der Waals surface area contributed by atoms with E-state index in [0.29, 0.717) is 6.54 Å². The Hall–Kier alpha value is -1.85. The zero-order valence-corrected chi connectivity index (χ0v) is 17.0. The topological polar surface area (TPSA) is 52.7 Å². The molecule has 2 aliphatic rings. The van der Waals surface area contributed by atoms with Gasteiger partial charge in [-0.1, -0.05) is 42.4 Å². The van der Waals surface area contributed by atoms with Gasteiger partial charge in [0, 0.05) is 38.3 Å². The van der Waals surface area contributed by atoms with Crippen LogP contribution in [0.15, 0.2) is 34.9 Å². The van der Waals surface area contributed by atoms with E-state index < -0.39 is 0 Å². The maximum absolute atomic E-state index is 10.3. The first-order valence-corrected chi connectivity index (χ1v) is 10.9. The quantitative estimate of drug-likeness (QED) is 0.699. The van der Waals surface area contributed by atoms with Gasteiger partial charge in [-0.2, -0.15) is 0 Å². The summed E-state index contributed by atoms with van der Waals surface area (Å²) in [6.07, 6.45) is 6.84. The molecular weight excluding hydrogens is 350 g/mol. The Morgan fingerprint density at radius 3 is 2.61 bits per heavy atom. The van der Waals surface area contributed by atoms with Gasteiger partial charge in [0.25, 0.3) is 0 Å². The molecule has 152 valence electrons. The molecule has 28 heavy (non-hydrogen) atoms. The van der Waals surface area contributed by atoms with E-state index in [1.165, 1.54) is 37.7 Å². The van der Waals surface area contributed by atoms with Crippen LogP contribution in [0.3, 0.4) is 0 Å². The lowest BCUT2D eigenvalue weighted by Crippen LogP contribution is -2.35. The van der Waals surface area contributed by atoms with Crippen molar-refractivity contribution in [3.8, 4) is 11.3 Å². The first-order valence-electron chi connectivity index (χ1n) is 10.9. The summed E-state index contributed by atoms with van der Waals surface area (Å²) in [4.78, 5) is 4.78. The van der Waals surface area contributed by atoms with Gasteiger partial charge in [0.15, 0.2) is 0 Å². The predicted molar refractivity (Wildman–Crippen MR) is 112 cm³/mol. The molecule has 0 amide bonds. The lowest BCUT2D eigenvalue weighted by atomic mass is 10.0. The van der Waals surface area contributed by atoms with Crippen LogP contribution in [0.25, 0.3) is 11.3 Å². The summed E-state index contributed by atoms with van der Waals surface area (Å²) in [6, 6.07) is 10.3. The third-order valence-electron chi connectivity index (χ3n) is 5.99. The fourth-order valence-electron chi connectivity index (χ4n) is 4.13. The highest BCUT2D eigenvalue weighted by Crippen LogP contribution is 2.35. The molecule has 5 nitrogen and oxygen atoms in total. The summed E-state index contributed by atoms with van der Waals surface area (Å²) >= 11 is 0. The first kappa shape index (κ1) is 19.5. The number of piperidine rings is 1. The Morgan fingerprint density at radius 2 is 1.93 bits per heavy atom. The van der Waals surface area contributed by atoms with E-state index in [4.69, 9.17) is 4.52 Å². The van der Waals surface area contributed by atoms with Crippen LogP contribution in [0.5, 0.6) is 0 Å². The Bertz CT molecular complexity index is 736. The average Bonchev–Trinajstić information content (AvgIpc) is 3.46.